The molecule has 0 fully saturated rings. The van der Waals surface area contributed by atoms with E-state index in [0.29, 0.717) is 6.73 Å². The lowest BCUT2D eigenvalue weighted by Crippen LogP contribution is -2.20. The Morgan fingerprint density at radius 1 is 1.31 bits per heavy atom. The predicted octanol–water partition coefficient (Wildman–Crippen LogP) is 2.51. The third-order valence-corrected chi connectivity index (χ3v) is 2.39. The molecular weight excluding hydrogens is 202 g/mol. The summed E-state index contributed by atoms with van der Waals surface area (Å²) < 4.78 is 7.72. The van der Waals surface area contributed by atoms with Gasteiger partial charge in [0.1, 0.15) is 18.7 Å². The van der Waals surface area contributed by atoms with Crippen LogP contribution in [0.2, 0.25) is 0 Å². The van der Waals surface area contributed by atoms with Gasteiger partial charge in [-0.25, -0.2) is 9.97 Å². The van der Waals surface area contributed by atoms with Crippen molar-refractivity contribution in [3.05, 3.63) is 24.3 Å². The van der Waals surface area contributed by atoms with Crippen LogP contribution in [-0.2, 0) is 11.5 Å². The third-order valence-electron chi connectivity index (χ3n) is 2.39. The maximum absolute atomic E-state index is 5.72. The van der Waals surface area contributed by atoms with Gasteiger partial charge in [-0.1, -0.05) is 0 Å². The number of ether oxygens (including phenoxy) is 1. The average molecular weight is 219 g/mol. The summed E-state index contributed by atoms with van der Waals surface area (Å²) in [7, 11) is 0. The van der Waals surface area contributed by atoms with Crippen molar-refractivity contribution in [2.75, 3.05) is 0 Å². The van der Waals surface area contributed by atoms with Crippen molar-refractivity contribution >= 4 is 11.0 Å². The summed E-state index contributed by atoms with van der Waals surface area (Å²) in [5.41, 5.74) is 1.79. The fraction of sp³-hybridized carbons (Fsp3) is 0.500. The quantitative estimate of drug-likeness (QED) is 0.779. The number of fused-ring (bicyclic) bond motifs is 1. The molecule has 0 atom stereocenters. The van der Waals surface area contributed by atoms with Gasteiger partial charge < -0.3 is 9.30 Å². The molecular formula is C12H17N3O. The average Bonchev–Trinajstić information content (AvgIpc) is 2.58. The normalized spacial score (nSPS) is 12.2. The van der Waals surface area contributed by atoms with Gasteiger partial charge in [-0.15, -0.1) is 0 Å². The molecule has 0 aromatic carbocycles. The SMILES string of the molecule is Cc1ncnc2c1ccn2COC(C)(C)C. The number of nitrogens with zero attached hydrogens (tertiary/aromatic N) is 3. The van der Waals surface area contributed by atoms with Crippen LogP contribution in [-0.4, -0.2) is 20.1 Å². The minimum Gasteiger partial charge on any atom is -0.355 e. The van der Waals surface area contributed by atoms with Crippen molar-refractivity contribution in [1.29, 1.82) is 0 Å². The van der Waals surface area contributed by atoms with Crippen LogP contribution in [0.5, 0.6) is 0 Å². The lowest BCUT2D eigenvalue weighted by molar-refractivity contribution is -0.0417. The molecule has 0 aliphatic heterocycles. The van der Waals surface area contributed by atoms with Gasteiger partial charge in [0.15, 0.2) is 0 Å². The van der Waals surface area contributed by atoms with E-state index in [2.05, 4.69) is 9.97 Å². The van der Waals surface area contributed by atoms with Crippen LogP contribution in [0.4, 0.5) is 0 Å². The molecule has 0 unspecified atom stereocenters. The molecule has 0 aliphatic carbocycles. The number of rotatable bonds is 2. The Bertz CT molecular complexity index is 496. The molecule has 0 N–H and O–H groups in total. The molecule has 2 heterocycles. The smallest absolute Gasteiger partial charge is 0.145 e. The Labute approximate surface area is 95.3 Å². The van der Waals surface area contributed by atoms with E-state index in [0.717, 1.165) is 16.7 Å². The fourth-order valence-corrected chi connectivity index (χ4v) is 1.50. The highest BCUT2D eigenvalue weighted by Crippen LogP contribution is 2.16. The zero-order valence-corrected chi connectivity index (χ0v) is 10.2. The summed E-state index contributed by atoms with van der Waals surface area (Å²) in [6.45, 7) is 8.62. The highest BCUT2D eigenvalue weighted by molar-refractivity contribution is 5.78. The number of hydrogen-bond acceptors (Lipinski definition) is 3. The molecule has 4 heteroatoms. The number of hydrogen-bond donors (Lipinski definition) is 0. The van der Waals surface area contributed by atoms with E-state index in [1.807, 2.05) is 44.5 Å². The Hall–Kier alpha value is -1.42. The lowest BCUT2D eigenvalue weighted by atomic mass is 10.2. The molecule has 0 aliphatic rings. The molecule has 0 bridgehead atoms. The van der Waals surface area contributed by atoms with Gasteiger partial charge in [-0.2, -0.15) is 0 Å². The van der Waals surface area contributed by atoms with Gasteiger partial charge in [-0.05, 0) is 33.8 Å². The molecule has 4 nitrogen and oxygen atoms in total. The number of aromatic nitrogens is 3. The van der Waals surface area contributed by atoms with E-state index in [1.165, 1.54) is 0 Å². The van der Waals surface area contributed by atoms with E-state index < -0.39 is 0 Å². The Morgan fingerprint density at radius 3 is 2.75 bits per heavy atom. The van der Waals surface area contributed by atoms with Crippen LogP contribution in [0.3, 0.4) is 0 Å². The van der Waals surface area contributed by atoms with E-state index in [4.69, 9.17) is 4.74 Å². The zero-order chi connectivity index (χ0) is 11.8. The van der Waals surface area contributed by atoms with Crippen molar-refractivity contribution in [3.8, 4) is 0 Å². The molecule has 0 radical (unpaired) electrons. The molecule has 0 saturated heterocycles. The first-order valence-corrected chi connectivity index (χ1v) is 5.38. The minimum atomic E-state index is -0.140. The highest BCUT2D eigenvalue weighted by atomic mass is 16.5. The molecule has 16 heavy (non-hydrogen) atoms. The first-order chi connectivity index (χ1) is 7.47. The molecule has 0 saturated carbocycles. The monoisotopic (exact) mass is 219 g/mol. The van der Waals surface area contributed by atoms with E-state index in [1.54, 1.807) is 6.33 Å². The minimum absolute atomic E-state index is 0.140. The van der Waals surface area contributed by atoms with Crippen LogP contribution in [0.1, 0.15) is 26.5 Å². The van der Waals surface area contributed by atoms with Crippen molar-refractivity contribution in [2.24, 2.45) is 0 Å². The van der Waals surface area contributed by atoms with E-state index >= 15 is 0 Å². The van der Waals surface area contributed by atoms with Crippen molar-refractivity contribution in [1.82, 2.24) is 14.5 Å². The van der Waals surface area contributed by atoms with Gasteiger partial charge in [0.2, 0.25) is 0 Å². The summed E-state index contributed by atoms with van der Waals surface area (Å²) in [5.74, 6) is 0. The largest absolute Gasteiger partial charge is 0.355 e. The van der Waals surface area contributed by atoms with Gasteiger partial charge in [0.25, 0.3) is 0 Å². The van der Waals surface area contributed by atoms with Crippen LogP contribution < -0.4 is 0 Å². The van der Waals surface area contributed by atoms with Crippen LogP contribution in [0, 0.1) is 6.92 Å². The van der Waals surface area contributed by atoms with Gasteiger partial charge >= 0.3 is 0 Å². The van der Waals surface area contributed by atoms with Gasteiger partial charge in [0, 0.05) is 11.6 Å². The van der Waals surface area contributed by atoms with Crippen LogP contribution >= 0.6 is 0 Å². The second-order valence-corrected chi connectivity index (χ2v) is 4.87. The zero-order valence-electron chi connectivity index (χ0n) is 10.2. The maximum atomic E-state index is 5.72. The predicted molar refractivity (Wildman–Crippen MR) is 63.1 cm³/mol. The molecule has 2 aromatic rings. The van der Waals surface area contributed by atoms with Crippen molar-refractivity contribution in [2.45, 2.75) is 40.0 Å². The first kappa shape index (κ1) is 11.1. The Kier molecular flexibility index (Phi) is 2.68. The summed E-state index contributed by atoms with van der Waals surface area (Å²) >= 11 is 0. The highest BCUT2D eigenvalue weighted by Gasteiger charge is 2.11. The Morgan fingerprint density at radius 2 is 2.06 bits per heavy atom. The lowest BCUT2D eigenvalue weighted by Gasteiger charge is -2.20. The van der Waals surface area contributed by atoms with E-state index in [-0.39, 0.29) is 5.60 Å². The summed E-state index contributed by atoms with van der Waals surface area (Å²) in [5, 5.41) is 1.08. The van der Waals surface area contributed by atoms with Crippen molar-refractivity contribution in [3.63, 3.8) is 0 Å². The van der Waals surface area contributed by atoms with Crippen molar-refractivity contribution < 1.29 is 4.74 Å². The first-order valence-electron chi connectivity index (χ1n) is 5.38. The van der Waals surface area contributed by atoms with Crippen LogP contribution in [0.25, 0.3) is 11.0 Å². The standard InChI is InChI=1S/C12H17N3O/c1-9-10-5-6-15(8-16-12(2,3)4)11(10)14-7-13-9/h5-7H,8H2,1-4H3. The number of aryl methyl sites for hydroxylation is 1. The molecule has 0 spiro atoms. The fourth-order valence-electron chi connectivity index (χ4n) is 1.50. The summed E-state index contributed by atoms with van der Waals surface area (Å²) in [6.07, 6.45) is 3.57. The summed E-state index contributed by atoms with van der Waals surface area (Å²) in [6, 6.07) is 2.02. The second kappa shape index (κ2) is 3.87. The summed E-state index contributed by atoms with van der Waals surface area (Å²) in [4.78, 5) is 8.44. The molecule has 2 rings (SSSR count). The van der Waals surface area contributed by atoms with E-state index in [9.17, 15) is 0 Å². The van der Waals surface area contributed by atoms with Gasteiger partial charge in [-0.3, -0.25) is 0 Å². The third kappa shape index (κ3) is 2.22. The topological polar surface area (TPSA) is 39.9 Å². The van der Waals surface area contributed by atoms with Gasteiger partial charge in [0.05, 0.1) is 11.3 Å². The molecule has 0 amide bonds. The maximum Gasteiger partial charge on any atom is 0.145 e. The molecule has 2 aromatic heterocycles. The second-order valence-electron chi connectivity index (χ2n) is 4.87. The van der Waals surface area contributed by atoms with Crippen LogP contribution in [0.15, 0.2) is 18.6 Å². The molecule has 86 valence electrons. The Balaban J connectivity index is 2.29.